The molecule has 0 nitrogen and oxygen atoms in total. The molecular weight excluding hydrogens is 180 g/mol. The molecule has 0 spiro atoms. The number of rotatable bonds is 6. The maximum atomic E-state index is 3.79. The van der Waals surface area contributed by atoms with Crippen molar-refractivity contribution in [2.75, 3.05) is 0 Å². The Bertz CT molecular complexity index is 310. The Morgan fingerprint density at radius 3 is 2.67 bits per heavy atom. The topological polar surface area (TPSA) is 0 Å². The normalized spacial score (nSPS) is 10.3. The average Bonchev–Trinajstić information content (AvgIpc) is 2.25. The number of unbranched alkanes of at least 4 members (excludes halogenated alkanes) is 1. The van der Waals surface area contributed by atoms with Crippen molar-refractivity contribution < 1.29 is 0 Å². The predicted octanol–water partition coefficient (Wildman–Crippen LogP) is 4.46. The molecule has 0 aromatic heterocycles. The molecular formula is C15H22. The molecule has 15 heavy (non-hydrogen) atoms. The highest BCUT2D eigenvalue weighted by atomic mass is 14.1. The standard InChI is InChI=1S/C15H22/c1-4-6-8-14-11-10-13(3)12-15(14)9-7-5-2/h5,10-12H,2,4,6-9H2,1,3H3. The van der Waals surface area contributed by atoms with Crippen molar-refractivity contribution in [2.24, 2.45) is 0 Å². The van der Waals surface area contributed by atoms with E-state index in [1.807, 2.05) is 6.08 Å². The lowest BCUT2D eigenvalue weighted by atomic mass is 9.97. The van der Waals surface area contributed by atoms with Crippen LogP contribution < -0.4 is 0 Å². The van der Waals surface area contributed by atoms with Crippen LogP contribution in [-0.4, -0.2) is 0 Å². The van der Waals surface area contributed by atoms with Crippen LogP contribution in [0.25, 0.3) is 0 Å². The molecule has 0 aliphatic heterocycles. The molecule has 0 aliphatic carbocycles. The summed E-state index contributed by atoms with van der Waals surface area (Å²) < 4.78 is 0. The van der Waals surface area contributed by atoms with Crippen LogP contribution in [0.4, 0.5) is 0 Å². The second kappa shape index (κ2) is 6.44. The first-order chi connectivity index (χ1) is 7.27. The number of benzene rings is 1. The highest BCUT2D eigenvalue weighted by molar-refractivity contribution is 5.32. The maximum absolute atomic E-state index is 3.79. The highest BCUT2D eigenvalue weighted by Crippen LogP contribution is 2.16. The molecule has 0 fully saturated rings. The fourth-order valence-corrected chi connectivity index (χ4v) is 1.86. The maximum Gasteiger partial charge on any atom is -0.0241 e. The SMILES string of the molecule is C=CCCc1cc(C)ccc1CCCC. The van der Waals surface area contributed by atoms with Gasteiger partial charge in [-0.3, -0.25) is 0 Å². The van der Waals surface area contributed by atoms with Gasteiger partial charge in [-0.15, -0.1) is 6.58 Å². The zero-order valence-electron chi connectivity index (χ0n) is 10.1. The summed E-state index contributed by atoms with van der Waals surface area (Å²) >= 11 is 0. The largest absolute Gasteiger partial charge is 0.103 e. The van der Waals surface area contributed by atoms with E-state index in [0.717, 1.165) is 12.8 Å². The molecule has 0 amide bonds. The lowest BCUT2D eigenvalue weighted by Crippen LogP contribution is -1.95. The summed E-state index contributed by atoms with van der Waals surface area (Å²) in [6, 6.07) is 6.85. The summed E-state index contributed by atoms with van der Waals surface area (Å²) in [4.78, 5) is 0. The van der Waals surface area contributed by atoms with Gasteiger partial charge in [0.15, 0.2) is 0 Å². The van der Waals surface area contributed by atoms with E-state index in [4.69, 9.17) is 0 Å². The van der Waals surface area contributed by atoms with Gasteiger partial charge in [-0.1, -0.05) is 43.2 Å². The van der Waals surface area contributed by atoms with Gasteiger partial charge in [0.2, 0.25) is 0 Å². The minimum Gasteiger partial charge on any atom is -0.103 e. The molecule has 0 N–H and O–H groups in total. The number of aryl methyl sites for hydroxylation is 3. The molecule has 0 saturated heterocycles. The van der Waals surface area contributed by atoms with Crippen LogP contribution in [-0.2, 0) is 12.8 Å². The zero-order valence-corrected chi connectivity index (χ0v) is 10.1. The fourth-order valence-electron chi connectivity index (χ4n) is 1.86. The molecule has 0 radical (unpaired) electrons. The zero-order chi connectivity index (χ0) is 11.1. The minimum atomic E-state index is 1.09. The number of hydrogen-bond donors (Lipinski definition) is 0. The first-order valence-corrected chi connectivity index (χ1v) is 5.97. The Morgan fingerprint density at radius 1 is 1.20 bits per heavy atom. The van der Waals surface area contributed by atoms with Gasteiger partial charge in [-0.2, -0.15) is 0 Å². The van der Waals surface area contributed by atoms with Gasteiger partial charge in [-0.05, 0) is 43.7 Å². The fraction of sp³-hybridized carbons (Fsp3) is 0.467. The van der Waals surface area contributed by atoms with E-state index in [9.17, 15) is 0 Å². The van der Waals surface area contributed by atoms with Crippen molar-refractivity contribution >= 4 is 0 Å². The summed E-state index contributed by atoms with van der Waals surface area (Å²) in [7, 11) is 0. The molecule has 1 rings (SSSR count). The number of allylic oxidation sites excluding steroid dienone is 1. The van der Waals surface area contributed by atoms with Crippen molar-refractivity contribution in [3.63, 3.8) is 0 Å². The lowest BCUT2D eigenvalue weighted by Gasteiger charge is -2.09. The Labute approximate surface area is 94.0 Å². The van der Waals surface area contributed by atoms with E-state index in [-0.39, 0.29) is 0 Å². The van der Waals surface area contributed by atoms with Crippen molar-refractivity contribution in [3.05, 3.63) is 47.5 Å². The Balaban J connectivity index is 2.77. The van der Waals surface area contributed by atoms with Crippen LogP contribution in [0.15, 0.2) is 30.9 Å². The molecule has 0 heteroatoms. The van der Waals surface area contributed by atoms with Crippen molar-refractivity contribution in [3.8, 4) is 0 Å². The van der Waals surface area contributed by atoms with E-state index in [1.54, 1.807) is 0 Å². The van der Waals surface area contributed by atoms with Crippen LogP contribution >= 0.6 is 0 Å². The summed E-state index contributed by atoms with van der Waals surface area (Å²) in [5.41, 5.74) is 4.42. The molecule has 1 aromatic rings. The Kier molecular flexibility index (Phi) is 5.17. The molecule has 1 aromatic carbocycles. The van der Waals surface area contributed by atoms with E-state index < -0.39 is 0 Å². The summed E-state index contributed by atoms with van der Waals surface area (Å²) in [6.07, 6.45) is 8.03. The third-order valence-corrected chi connectivity index (χ3v) is 2.78. The van der Waals surface area contributed by atoms with Crippen molar-refractivity contribution in [1.29, 1.82) is 0 Å². The minimum absolute atomic E-state index is 1.09. The van der Waals surface area contributed by atoms with Crippen LogP contribution in [0.5, 0.6) is 0 Å². The molecule has 0 saturated carbocycles. The van der Waals surface area contributed by atoms with Crippen molar-refractivity contribution in [1.82, 2.24) is 0 Å². The van der Waals surface area contributed by atoms with Gasteiger partial charge < -0.3 is 0 Å². The van der Waals surface area contributed by atoms with Gasteiger partial charge >= 0.3 is 0 Å². The molecule has 0 atom stereocenters. The second-order valence-corrected chi connectivity index (χ2v) is 4.20. The number of hydrogen-bond acceptors (Lipinski definition) is 0. The van der Waals surface area contributed by atoms with Crippen LogP contribution in [0.2, 0.25) is 0 Å². The quantitative estimate of drug-likeness (QED) is 0.598. The van der Waals surface area contributed by atoms with E-state index in [2.05, 4.69) is 38.6 Å². The lowest BCUT2D eigenvalue weighted by molar-refractivity contribution is 0.783. The first-order valence-electron chi connectivity index (χ1n) is 5.97. The van der Waals surface area contributed by atoms with Gasteiger partial charge in [-0.25, -0.2) is 0 Å². The van der Waals surface area contributed by atoms with Crippen molar-refractivity contribution in [2.45, 2.75) is 46.0 Å². The van der Waals surface area contributed by atoms with Gasteiger partial charge in [0.05, 0.1) is 0 Å². The molecule has 0 unspecified atom stereocenters. The first kappa shape index (κ1) is 12.0. The van der Waals surface area contributed by atoms with Crippen LogP contribution in [0.3, 0.4) is 0 Å². The smallest absolute Gasteiger partial charge is 0.0241 e. The van der Waals surface area contributed by atoms with Gasteiger partial charge in [0.1, 0.15) is 0 Å². The van der Waals surface area contributed by atoms with E-state index in [1.165, 1.54) is 36.0 Å². The Morgan fingerprint density at radius 2 is 2.00 bits per heavy atom. The molecule has 0 aliphatic rings. The van der Waals surface area contributed by atoms with Gasteiger partial charge in [0, 0.05) is 0 Å². The monoisotopic (exact) mass is 202 g/mol. The second-order valence-electron chi connectivity index (χ2n) is 4.20. The van der Waals surface area contributed by atoms with Gasteiger partial charge in [0.25, 0.3) is 0 Å². The molecule has 0 bridgehead atoms. The third kappa shape index (κ3) is 3.91. The predicted molar refractivity (Wildman–Crippen MR) is 68.3 cm³/mol. The summed E-state index contributed by atoms with van der Waals surface area (Å²) in [5.74, 6) is 0. The van der Waals surface area contributed by atoms with Crippen LogP contribution in [0, 0.1) is 6.92 Å². The summed E-state index contributed by atoms with van der Waals surface area (Å²) in [6.45, 7) is 8.21. The molecule has 0 heterocycles. The van der Waals surface area contributed by atoms with Crippen LogP contribution in [0.1, 0.15) is 42.9 Å². The molecule has 82 valence electrons. The Hall–Kier alpha value is -1.04. The average molecular weight is 202 g/mol. The van der Waals surface area contributed by atoms with E-state index >= 15 is 0 Å². The summed E-state index contributed by atoms with van der Waals surface area (Å²) in [5, 5.41) is 0. The highest BCUT2D eigenvalue weighted by Gasteiger charge is 2.01. The third-order valence-electron chi connectivity index (χ3n) is 2.78. The van der Waals surface area contributed by atoms with E-state index in [0.29, 0.717) is 0 Å².